The summed E-state index contributed by atoms with van der Waals surface area (Å²) in [5.41, 5.74) is 2.88. The van der Waals surface area contributed by atoms with E-state index in [9.17, 15) is 10.2 Å². The molecule has 388 valence electrons. The summed E-state index contributed by atoms with van der Waals surface area (Å²) in [5.74, 6) is 6.07. The molecule has 0 aliphatic carbocycles. The molecule has 0 aromatic heterocycles. The van der Waals surface area contributed by atoms with Gasteiger partial charge in [-0.3, -0.25) is 0 Å². The van der Waals surface area contributed by atoms with Crippen LogP contribution in [0.15, 0.2) is 98.1 Å². The smallest absolute Gasteiger partial charge is 0.335 e. The Balaban J connectivity index is 0.00000100. The predicted octanol–water partition coefficient (Wildman–Crippen LogP) is 11.7. The third-order valence-corrected chi connectivity index (χ3v) is 15.3. The van der Waals surface area contributed by atoms with Crippen LogP contribution < -0.4 is 0 Å². The van der Waals surface area contributed by atoms with E-state index >= 15 is 0 Å². The molecular weight excluding hydrogens is 897 g/mol. The maximum atomic E-state index is 10.7. The molecule has 2 fully saturated rings. The van der Waals surface area contributed by atoms with E-state index in [2.05, 4.69) is 162 Å². The van der Waals surface area contributed by atoms with Gasteiger partial charge in [0.1, 0.15) is 0 Å². The highest BCUT2D eigenvalue weighted by Crippen LogP contribution is 2.35. The Hall–Kier alpha value is -2.94. The summed E-state index contributed by atoms with van der Waals surface area (Å²) in [6.07, 6.45) is 13.3. The van der Waals surface area contributed by atoms with Crippen LogP contribution >= 0.6 is 0 Å². The van der Waals surface area contributed by atoms with Crippen molar-refractivity contribution in [2.75, 3.05) is 14.2 Å². The summed E-state index contributed by atoms with van der Waals surface area (Å²) in [4.78, 5) is 0. The summed E-state index contributed by atoms with van der Waals surface area (Å²) < 4.78 is 55.3. The molecule has 12 heteroatoms. The lowest BCUT2D eigenvalue weighted by Crippen LogP contribution is -2.32. The van der Waals surface area contributed by atoms with Gasteiger partial charge in [0, 0.05) is 38.9 Å². The summed E-state index contributed by atoms with van der Waals surface area (Å²) >= 11 is -1.50. The summed E-state index contributed by atoms with van der Waals surface area (Å²) in [6, 6.07) is 21.6. The molecule has 0 unspecified atom stereocenters. The lowest BCUT2D eigenvalue weighted by Gasteiger charge is -2.30. The van der Waals surface area contributed by atoms with E-state index in [0.29, 0.717) is 47.3 Å². The molecule has 0 amide bonds. The van der Waals surface area contributed by atoms with E-state index in [1.165, 1.54) is 30.4 Å². The topological polar surface area (TPSA) is 146 Å². The molecule has 0 radical (unpaired) electrons. The van der Waals surface area contributed by atoms with Gasteiger partial charge in [-0.15, -0.1) is 13.2 Å². The van der Waals surface area contributed by atoms with Gasteiger partial charge in [0.15, 0.2) is 12.6 Å². The van der Waals surface area contributed by atoms with Crippen LogP contribution in [0.25, 0.3) is 0 Å². The number of rotatable bonds is 22. The maximum absolute atomic E-state index is 10.7. The molecule has 0 spiro atoms. The molecule has 2 aromatic rings. The third kappa shape index (κ3) is 24.3. The number of aliphatic hydroxyl groups is 2. The number of aryl methyl sites for hydroxylation is 2. The van der Waals surface area contributed by atoms with Crippen LogP contribution in [0.4, 0.5) is 0 Å². The van der Waals surface area contributed by atoms with Crippen molar-refractivity contribution in [1.29, 1.82) is 0 Å². The Bertz CT molecular complexity index is 1690. The van der Waals surface area contributed by atoms with E-state index < -0.39 is 35.4 Å². The molecule has 68 heavy (non-hydrogen) atoms. The van der Waals surface area contributed by atoms with Crippen LogP contribution in [0.1, 0.15) is 120 Å². The van der Waals surface area contributed by atoms with Gasteiger partial charge < -0.3 is 29.2 Å². The Morgan fingerprint density at radius 1 is 0.574 bits per heavy atom. The van der Waals surface area contributed by atoms with Gasteiger partial charge in [-0.2, -0.15) is 16.8 Å². The zero-order valence-electron chi connectivity index (χ0n) is 44.1. The number of methoxy groups -OCH3 is 2. The number of hydrogen-bond donors (Lipinski definition) is 2. The van der Waals surface area contributed by atoms with Crippen molar-refractivity contribution in [1.82, 2.24) is 0 Å². The maximum Gasteiger partial charge on any atom is 0.335 e. The largest absolute Gasteiger partial charge is 0.389 e. The Morgan fingerprint density at radius 2 is 0.926 bits per heavy atom. The summed E-state index contributed by atoms with van der Waals surface area (Å²) in [5, 5.41) is 20.4. The van der Waals surface area contributed by atoms with Gasteiger partial charge in [-0.1, -0.05) is 168 Å². The van der Waals surface area contributed by atoms with E-state index in [4.69, 9.17) is 35.8 Å². The van der Waals surface area contributed by atoms with Crippen LogP contribution in [0.5, 0.6) is 0 Å². The molecule has 2 heterocycles. The molecule has 2 N–H and O–H groups in total. The van der Waals surface area contributed by atoms with Crippen LogP contribution in [-0.4, -0.2) is 78.3 Å². The number of aliphatic hydroxyl groups excluding tert-OH is 2. The molecule has 0 saturated carbocycles. The van der Waals surface area contributed by atoms with Crippen molar-refractivity contribution in [3.63, 3.8) is 0 Å². The van der Waals surface area contributed by atoms with Crippen molar-refractivity contribution < 1.29 is 46.0 Å². The normalized spacial score (nSPS) is 25.1. The van der Waals surface area contributed by atoms with Crippen molar-refractivity contribution in [3.8, 4) is 0 Å². The second-order valence-corrected chi connectivity index (χ2v) is 20.1. The molecular formula is C56H92O10S2. The number of allylic oxidation sites excluding steroid dienone is 2. The molecule has 2 aliphatic rings. The van der Waals surface area contributed by atoms with Crippen molar-refractivity contribution in [2.24, 2.45) is 71.0 Å². The first kappa shape index (κ1) is 65.1. The Kier molecular flexibility index (Phi) is 35.3. The lowest BCUT2D eigenvalue weighted by atomic mass is 9.76. The number of benzene rings is 2. The first-order chi connectivity index (χ1) is 32.2. The molecule has 2 aromatic carbocycles. The van der Waals surface area contributed by atoms with Crippen molar-refractivity contribution in [3.05, 3.63) is 109 Å². The van der Waals surface area contributed by atoms with E-state index in [1.54, 1.807) is 20.3 Å². The van der Waals surface area contributed by atoms with Crippen molar-refractivity contribution in [2.45, 2.75) is 159 Å². The zero-order chi connectivity index (χ0) is 51.9. The van der Waals surface area contributed by atoms with E-state index in [-0.39, 0.29) is 36.6 Å². The fourth-order valence-corrected chi connectivity index (χ4v) is 9.25. The van der Waals surface area contributed by atoms with Gasteiger partial charge in [-0.25, -0.2) is 0 Å². The SMILES string of the molecule is C=C[C@@H](O)[C@H](C)[C@@H]1O[C@H](OC)C[C@H]1C.C=C[C@H](C)[C@H](C)[C@H](C)[C@@H](C)CCc1ccccc1.CO[C@@H]1C[C@@H](C)[C@H]([C@@H](C)[C@H](O)/C=C/[C@H](C)[C@H](C)[C@H](C)[C@@H](C)CCc2ccccc2)O1.O=S=O.O=S=O. The highest BCUT2D eigenvalue weighted by atomic mass is 32.1. The first-order valence-corrected chi connectivity index (χ1v) is 26.1. The quantitative estimate of drug-likeness (QED) is 0.109. The fraction of sp³-hybridized carbons (Fsp3) is 0.679. The minimum Gasteiger partial charge on any atom is -0.389 e. The van der Waals surface area contributed by atoms with Gasteiger partial charge in [0.05, 0.1) is 24.4 Å². The van der Waals surface area contributed by atoms with Gasteiger partial charge in [-0.05, 0) is 96.0 Å². The number of ether oxygens (including phenoxy) is 4. The van der Waals surface area contributed by atoms with Crippen LogP contribution in [-0.2, 0) is 54.9 Å². The Labute approximate surface area is 420 Å². The van der Waals surface area contributed by atoms with Crippen LogP contribution in [0.3, 0.4) is 0 Å². The zero-order valence-corrected chi connectivity index (χ0v) is 45.7. The van der Waals surface area contributed by atoms with Crippen LogP contribution in [0, 0.1) is 71.0 Å². The third-order valence-electron chi connectivity index (χ3n) is 15.3. The van der Waals surface area contributed by atoms with Crippen molar-refractivity contribution >= 4 is 23.1 Å². The second kappa shape index (κ2) is 36.9. The molecule has 10 nitrogen and oxygen atoms in total. The average Bonchev–Trinajstić information content (AvgIpc) is 3.94. The van der Waals surface area contributed by atoms with E-state index in [0.717, 1.165) is 31.1 Å². The summed E-state index contributed by atoms with van der Waals surface area (Å²) in [7, 11) is 3.33. The minimum absolute atomic E-state index is 0.0410. The minimum atomic E-state index is -0.750. The van der Waals surface area contributed by atoms with Gasteiger partial charge >= 0.3 is 23.1 Å². The van der Waals surface area contributed by atoms with E-state index in [1.807, 2.05) is 13.0 Å². The second-order valence-electron chi connectivity index (χ2n) is 19.8. The molecule has 2 aliphatic heterocycles. The fourth-order valence-electron chi connectivity index (χ4n) is 9.25. The first-order valence-electron chi connectivity index (χ1n) is 24.8. The lowest BCUT2D eigenvalue weighted by molar-refractivity contribution is -0.134. The highest BCUT2D eigenvalue weighted by molar-refractivity contribution is 7.51. The summed E-state index contributed by atoms with van der Waals surface area (Å²) in [6.45, 7) is 34.6. The molecule has 18 atom stereocenters. The van der Waals surface area contributed by atoms with Gasteiger partial charge in [0.25, 0.3) is 0 Å². The Morgan fingerprint density at radius 3 is 1.25 bits per heavy atom. The predicted molar refractivity (Wildman–Crippen MR) is 279 cm³/mol. The molecule has 0 bridgehead atoms. The number of hydrogen-bond acceptors (Lipinski definition) is 10. The van der Waals surface area contributed by atoms with Crippen LogP contribution in [0.2, 0.25) is 0 Å². The molecule has 2 saturated heterocycles. The highest BCUT2D eigenvalue weighted by Gasteiger charge is 2.39. The van der Waals surface area contributed by atoms with Gasteiger partial charge in [0.2, 0.25) is 0 Å². The standard InChI is InChI=1S/C27H44O3.C18H28.C11H20O3.2O2S/c1-18(13-15-24-11-9-8-10-12-24)21(4)22(5)19(2)14-16-25(28)23(6)27-20(3)17-26(29-7)30-27;1-6-14(2)16(4)17(5)15(3)12-13-18-10-8-7-9-11-18;1-5-9(12)8(3)11-7(2)6-10(13-4)14-11;2*1-3-2/h8-12,14,16,18-23,25-28H,13,15,17H2,1-7H3;6-11,14-17H,1,12-13H2,2-5H3;5,7-12H,1,6H2,2-4H3;;/b16-14+;;;;/t18-,19-,20+,21+,22-,23-,25+,26-,27+;14-,15-,16-,17+;7-,8+,9-,10+,11-;;/m001../s1. The molecule has 4 rings (SSSR count). The average molecular weight is 989 g/mol. The monoisotopic (exact) mass is 989 g/mol.